The number of aromatic hydroxyl groups is 2. The molecular weight excluding hydrogens is 500 g/mol. The Morgan fingerprint density at radius 2 is 0.925 bits per heavy atom. The molecule has 3 rings (SSSR count). The number of benzene rings is 3. The minimum absolute atomic E-state index is 0.0564. The maximum atomic E-state index is 12.9. The molecule has 3 aromatic carbocycles. The summed E-state index contributed by atoms with van der Waals surface area (Å²) >= 11 is 0. The highest BCUT2D eigenvalue weighted by atomic mass is 16.3. The van der Waals surface area contributed by atoms with Crippen LogP contribution in [0.25, 0.3) is 0 Å². The van der Waals surface area contributed by atoms with Gasteiger partial charge in [-0.05, 0) is 85.3 Å². The van der Waals surface area contributed by atoms with Gasteiger partial charge in [-0.15, -0.1) is 0 Å². The number of nitrogens with one attached hydrogen (secondary N) is 2. The molecule has 0 aliphatic rings. The van der Waals surface area contributed by atoms with Crippen LogP contribution in [0.4, 0.5) is 11.4 Å². The maximum absolute atomic E-state index is 12.9. The number of carbonyl (C=O) groups excluding carboxylic acids is 2. The molecule has 0 fully saturated rings. The average molecular weight is 545 g/mol. The van der Waals surface area contributed by atoms with E-state index in [0.717, 1.165) is 49.7 Å². The largest absolute Gasteiger partial charge is 0.507 e. The summed E-state index contributed by atoms with van der Waals surface area (Å²) in [5.74, 6) is -0.893. The second-order valence-electron chi connectivity index (χ2n) is 10.5. The Morgan fingerprint density at radius 3 is 1.30 bits per heavy atom. The highest BCUT2D eigenvalue weighted by molar-refractivity contribution is 6.07. The van der Waals surface area contributed by atoms with Crippen molar-refractivity contribution in [3.05, 3.63) is 82.9 Å². The predicted octanol–water partition coefficient (Wildman–Crippen LogP) is 8.63. The van der Waals surface area contributed by atoms with Crippen molar-refractivity contribution in [2.45, 2.75) is 90.9 Å². The first kappa shape index (κ1) is 30.7. The Labute approximate surface area is 238 Å². The molecule has 6 nitrogen and oxygen atoms in total. The van der Waals surface area contributed by atoms with Crippen LogP contribution in [0.3, 0.4) is 0 Å². The molecule has 2 amide bonds. The quantitative estimate of drug-likeness (QED) is 0.136. The summed E-state index contributed by atoms with van der Waals surface area (Å²) in [5.41, 5.74) is 3.62. The Bertz CT molecular complexity index is 1140. The maximum Gasteiger partial charge on any atom is 0.259 e. The molecule has 0 saturated carbocycles. The lowest BCUT2D eigenvalue weighted by molar-refractivity contribution is 0.101. The third-order valence-electron chi connectivity index (χ3n) is 7.15. The second kappa shape index (κ2) is 16.3. The molecule has 0 unspecified atom stereocenters. The van der Waals surface area contributed by atoms with Crippen molar-refractivity contribution in [2.75, 3.05) is 10.6 Å². The zero-order chi connectivity index (χ0) is 28.7. The molecule has 214 valence electrons. The van der Waals surface area contributed by atoms with Crippen molar-refractivity contribution in [3.8, 4) is 11.5 Å². The van der Waals surface area contributed by atoms with Crippen LogP contribution >= 0.6 is 0 Å². The van der Waals surface area contributed by atoms with Gasteiger partial charge in [-0.25, -0.2) is 0 Å². The monoisotopic (exact) mass is 544 g/mol. The number of rotatable bonds is 16. The van der Waals surface area contributed by atoms with Crippen LogP contribution < -0.4 is 10.6 Å². The van der Waals surface area contributed by atoms with Gasteiger partial charge in [0.2, 0.25) is 0 Å². The average Bonchev–Trinajstić information content (AvgIpc) is 2.95. The molecule has 0 radical (unpaired) electrons. The van der Waals surface area contributed by atoms with Crippen molar-refractivity contribution >= 4 is 23.2 Å². The van der Waals surface area contributed by atoms with E-state index >= 15 is 0 Å². The molecule has 0 aliphatic carbocycles. The van der Waals surface area contributed by atoms with Crippen molar-refractivity contribution in [2.24, 2.45) is 0 Å². The lowest BCUT2D eigenvalue weighted by Gasteiger charge is -2.11. The van der Waals surface area contributed by atoms with Gasteiger partial charge in [-0.2, -0.15) is 0 Å². The van der Waals surface area contributed by atoms with E-state index in [2.05, 4.69) is 24.5 Å². The van der Waals surface area contributed by atoms with E-state index in [4.69, 9.17) is 0 Å². The van der Waals surface area contributed by atoms with E-state index in [-0.39, 0.29) is 22.6 Å². The van der Waals surface area contributed by atoms with Gasteiger partial charge in [-0.3, -0.25) is 9.59 Å². The van der Waals surface area contributed by atoms with Crippen LogP contribution in [0.15, 0.2) is 60.7 Å². The number of anilines is 2. The topological polar surface area (TPSA) is 98.7 Å². The molecule has 3 aromatic rings. The van der Waals surface area contributed by atoms with Crippen LogP contribution in [-0.4, -0.2) is 22.0 Å². The normalized spacial score (nSPS) is 10.8. The molecule has 40 heavy (non-hydrogen) atoms. The van der Waals surface area contributed by atoms with Crippen molar-refractivity contribution in [1.82, 2.24) is 0 Å². The van der Waals surface area contributed by atoms with Crippen molar-refractivity contribution < 1.29 is 19.8 Å². The van der Waals surface area contributed by atoms with E-state index in [1.54, 1.807) is 48.5 Å². The molecule has 0 aliphatic heterocycles. The zero-order valence-electron chi connectivity index (χ0n) is 24.0. The van der Waals surface area contributed by atoms with Gasteiger partial charge in [0, 0.05) is 11.4 Å². The first-order valence-corrected chi connectivity index (χ1v) is 14.8. The first-order chi connectivity index (χ1) is 19.4. The molecule has 0 atom stereocenters. The van der Waals surface area contributed by atoms with Gasteiger partial charge in [0.15, 0.2) is 0 Å². The van der Waals surface area contributed by atoms with E-state index in [1.165, 1.54) is 38.5 Å². The third-order valence-corrected chi connectivity index (χ3v) is 7.15. The highest BCUT2D eigenvalue weighted by Gasteiger charge is 2.15. The smallest absolute Gasteiger partial charge is 0.259 e. The van der Waals surface area contributed by atoms with Crippen LogP contribution in [0.2, 0.25) is 0 Å². The van der Waals surface area contributed by atoms with Gasteiger partial charge in [0.1, 0.15) is 11.5 Å². The SMILES string of the molecule is CCCCCCCc1ccc(O)c(C(=O)Nc2ccc(NC(=O)c3cc(CCCCCCC)ccc3O)cc2)c1. The minimum Gasteiger partial charge on any atom is -0.507 e. The number of carbonyl (C=O) groups is 2. The van der Waals surface area contributed by atoms with E-state index < -0.39 is 11.8 Å². The fourth-order valence-corrected chi connectivity index (χ4v) is 4.74. The van der Waals surface area contributed by atoms with Gasteiger partial charge in [0.25, 0.3) is 11.8 Å². The summed E-state index contributed by atoms with van der Waals surface area (Å²) in [4.78, 5) is 25.8. The number of hydrogen-bond acceptors (Lipinski definition) is 4. The Morgan fingerprint density at radius 1 is 0.550 bits per heavy atom. The van der Waals surface area contributed by atoms with Crippen molar-refractivity contribution in [3.63, 3.8) is 0 Å². The van der Waals surface area contributed by atoms with Gasteiger partial charge >= 0.3 is 0 Å². The number of unbranched alkanes of at least 4 members (excludes halogenated alkanes) is 8. The molecule has 0 bridgehead atoms. The van der Waals surface area contributed by atoms with Gasteiger partial charge < -0.3 is 20.8 Å². The van der Waals surface area contributed by atoms with Gasteiger partial charge in [0.05, 0.1) is 11.1 Å². The van der Waals surface area contributed by atoms with E-state index in [9.17, 15) is 19.8 Å². The third kappa shape index (κ3) is 9.74. The summed E-state index contributed by atoms with van der Waals surface area (Å²) < 4.78 is 0. The summed E-state index contributed by atoms with van der Waals surface area (Å²) in [6, 6.07) is 17.1. The zero-order valence-corrected chi connectivity index (χ0v) is 24.0. The minimum atomic E-state index is -0.390. The summed E-state index contributed by atoms with van der Waals surface area (Å²) in [6.07, 6.45) is 13.5. The first-order valence-electron chi connectivity index (χ1n) is 14.8. The number of amides is 2. The highest BCUT2D eigenvalue weighted by Crippen LogP contribution is 2.24. The molecule has 0 heterocycles. The summed E-state index contributed by atoms with van der Waals surface area (Å²) in [6.45, 7) is 4.38. The summed E-state index contributed by atoms with van der Waals surface area (Å²) in [7, 11) is 0. The van der Waals surface area contributed by atoms with Crippen LogP contribution in [0.5, 0.6) is 11.5 Å². The Kier molecular flexibility index (Phi) is 12.6. The second-order valence-corrected chi connectivity index (χ2v) is 10.5. The number of aryl methyl sites for hydroxylation is 2. The molecule has 6 heteroatoms. The fraction of sp³-hybridized carbons (Fsp3) is 0.412. The molecule has 4 N–H and O–H groups in total. The lowest BCUT2D eigenvalue weighted by Crippen LogP contribution is -2.14. The number of hydrogen-bond donors (Lipinski definition) is 4. The molecular formula is C34H44N2O4. The Hall–Kier alpha value is -3.80. The standard InChI is InChI=1S/C34H44N2O4/c1-3-5-7-9-11-13-25-15-21-31(37)29(23-25)33(39)35-27-17-19-28(20-18-27)36-34(40)30-24-26(16-22-32(30)38)14-12-10-8-6-4-2/h15-24,37-38H,3-14H2,1-2H3,(H,35,39)(H,36,40). The van der Waals surface area contributed by atoms with Crippen LogP contribution in [0.1, 0.15) is 110 Å². The molecule has 0 aromatic heterocycles. The molecule has 0 spiro atoms. The van der Waals surface area contributed by atoms with Crippen LogP contribution in [0, 0.1) is 0 Å². The van der Waals surface area contributed by atoms with E-state index in [1.807, 2.05) is 12.1 Å². The number of phenolic OH excluding ortho intramolecular Hbond substituents is 2. The number of phenols is 2. The van der Waals surface area contributed by atoms with Crippen LogP contribution in [-0.2, 0) is 12.8 Å². The lowest BCUT2D eigenvalue weighted by atomic mass is 10.0. The van der Waals surface area contributed by atoms with E-state index in [0.29, 0.717) is 11.4 Å². The van der Waals surface area contributed by atoms with Crippen molar-refractivity contribution in [1.29, 1.82) is 0 Å². The fourth-order valence-electron chi connectivity index (χ4n) is 4.74. The molecule has 0 saturated heterocycles. The Balaban J connectivity index is 1.56. The van der Waals surface area contributed by atoms with Gasteiger partial charge in [-0.1, -0.05) is 77.3 Å². The predicted molar refractivity (Wildman–Crippen MR) is 163 cm³/mol. The summed E-state index contributed by atoms with van der Waals surface area (Å²) in [5, 5.41) is 26.2.